The minimum atomic E-state index is -0.234. The van der Waals surface area contributed by atoms with Gasteiger partial charge >= 0.3 is 0 Å². The van der Waals surface area contributed by atoms with Crippen molar-refractivity contribution in [3.63, 3.8) is 0 Å². The quantitative estimate of drug-likeness (QED) is 0.378. The van der Waals surface area contributed by atoms with Crippen LogP contribution in [0.15, 0.2) is 83.9 Å². The minimum absolute atomic E-state index is 0.234. The van der Waals surface area contributed by atoms with Gasteiger partial charge < -0.3 is 14.0 Å². The van der Waals surface area contributed by atoms with Crippen LogP contribution in [0.25, 0.3) is 38.9 Å². The molecule has 6 rings (SSSR count). The maximum Gasteiger partial charge on any atom is 0.269 e. The molecule has 0 saturated heterocycles. The summed E-state index contributed by atoms with van der Waals surface area (Å²) in [5, 5.41) is 0.417. The third-order valence-corrected chi connectivity index (χ3v) is 6.10. The maximum absolute atomic E-state index is 13.9. The minimum Gasteiger partial charge on any atom is -0.497 e. The molecule has 8 nitrogen and oxygen atoms in total. The zero-order valence-corrected chi connectivity index (χ0v) is 19.2. The van der Waals surface area contributed by atoms with Gasteiger partial charge in [-0.3, -0.25) is 9.36 Å². The molecule has 3 heterocycles. The first-order valence-electron chi connectivity index (χ1n) is 11.1. The smallest absolute Gasteiger partial charge is 0.269 e. The molecule has 0 aliphatic carbocycles. The summed E-state index contributed by atoms with van der Waals surface area (Å²) in [6.45, 7) is 0.474. The largest absolute Gasteiger partial charge is 0.497 e. The molecule has 0 amide bonds. The number of ether oxygens (including phenoxy) is 2. The summed E-state index contributed by atoms with van der Waals surface area (Å²) in [7, 11) is 3.22. The van der Waals surface area contributed by atoms with Gasteiger partial charge in [0.15, 0.2) is 11.3 Å². The van der Waals surface area contributed by atoms with Gasteiger partial charge in [-0.15, -0.1) is 0 Å². The van der Waals surface area contributed by atoms with E-state index in [0.29, 0.717) is 40.2 Å². The molecule has 172 valence electrons. The van der Waals surface area contributed by atoms with Gasteiger partial charge in [0.1, 0.15) is 28.7 Å². The Bertz CT molecular complexity index is 1770. The molecule has 0 spiro atoms. The van der Waals surface area contributed by atoms with Gasteiger partial charge in [-0.2, -0.15) is 0 Å². The number of benzene rings is 3. The van der Waals surface area contributed by atoms with Gasteiger partial charge in [0.2, 0.25) is 0 Å². The second-order valence-electron chi connectivity index (χ2n) is 8.11. The van der Waals surface area contributed by atoms with Crippen LogP contribution in [0.4, 0.5) is 0 Å². The Morgan fingerprint density at radius 3 is 2.26 bits per heavy atom. The van der Waals surface area contributed by atoms with Gasteiger partial charge in [0.25, 0.3) is 5.56 Å². The van der Waals surface area contributed by atoms with Gasteiger partial charge in [-0.05, 0) is 42.0 Å². The standard InChI is InChI=1S/C27H21N5O3/c1-34-18-13-11-17(12-14-18)15-31-25-23(24-26(31)30-20-8-4-3-7-19(20)29-24)27(33)32(16-28-25)21-9-5-6-10-22(21)35-2/h3-14,16H,15H2,1-2H3. The second-order valence-corrected chi connectivity index (χ2v) is 8.11. The normalized spacial score (nSPS) is 11.4. The molecule has 0 aliphatic heterocycles. The van der Waals surface area contributed by atoms with Crippen molar-refractivity contribution < 1.29 is 9.47 Å². The summed E-state index contributed by atoms with van der Waals surface area (Å²) in [5.74, 6) is 1.36. The van der Waals surface area contributed by atoms with Crippen LogP contribution in [-0.4, -0.2) is 38.3 Å². The number of aromatic nitrogens is 5. The van der Waals surface area contributed by atoms with Crippen LogP contribution in [0.3, 0.4) is 0 Å². The van der Waals surface area contributed by atoms with E-state index in [1.807, 2.05) is 77.4 Å². The van der Waals surface area contributed by atoms with Crippen molar-refractivity contribution in [3.05, 3.63) is 95.0 Å². The fourth-order valence-corrected chi connectivity index (χ4v) is 4.37. The van der Waals surface area contributed by atoms with E-state index in [2.05, 4.69) is 0 Å². The number of fused-ring (bicyclic) bond motifs is 4. The Labute approximate surface area is 200 Å². The SMILES string of the molecule is COc1ccc(Cn2c3nc4ccccc4nc3c3c(=O)n(-c4ccccc4OC)cnc32)cc1. The summed E-state index contributed by atoms with van der Waals surface area (Å²) in [4.78, 5) is 28.3. The molecule has 0 bridgehead atoms. The van der Waals surface area contributed by atoms with Gasteiger partial charge in [0, 0.05) is 0 Å². The number of para-hydroxylation sites is 4. The highest BCUT2D eigenvalue weighted by Gasteiger charge is 2.21. The van der Waals surface area contributed by atoms with Crippen molar-refractivity contribution in [1.29, 1.82) is 0 Å². The Morgan fingerprint density at radius 1 is 0.800 bits per heavy atom. The van der Waals surface area contributed by atoms with E-state index in [9.17, 15) is 4.79 Å². The molecule has 0 N–H and O–H groups in total. The average Bonchev–Trinajstić information content (AvgIpc) is 3.21. The van der Waals surface area contributed by atoms with E-state index < -0.39 is 0 Å². The fourth-order valence-electron chi connectivity index (χ4n) is 4.37. The topological polar surface area (TPSA) is 84.1 Å². The lowest BCUT2D eigenvalue weighted by Crippen LogP contribution is -2.19. The Hall–Kier alpha value is -4.72. The number of nitrogens with zero attached hydrogens (tertiary/aromatic N) is 5. The van der Waals surface area contributed by atoms with Crippen LogP contribution < -0.4 is 15.0 Å². The predicted octanol–water partition coefficient (Wildman–Crippen LogP) is 4.35. The molecule has 3 aromatic carbocycles. The number of methoxy groups -OCH3 is 2. The molecule has 0 unspecified atom stereocenters. The highest BCUT2D eigenvalue weighted by atomic mass is 16.5. The summed E-state index contributed by atoms with van der Waals surface area (Å²) in [6.07, 6.45) is 1.53. The third-order valence-electron chi connectivity index (χ3n) is 6.10. The van der Waals surface area contributed by atoms with Crippen molar-refractivity contribution in [1.82, 2.24) is 24.1 Å². The van der Waals surface area contributed by atoms with Crippen molar-refractivity contribution in [2.45, 2.75) is 6.54 Å². The lowest BCUT2D eigenvalue weighted by atomic mass is 10.2. The van der Waals surface area contributed by atoms with E-state index in [0.717, 1.165) is 22.3 Å². The molecule has 35 heavy (non-hydrogen) atoms. The van der Waals surface area contributed by atoms with Crippen LogP contribution in [0.1, 0.15) is 5.56 Å². The van der Waals surface area contributed by atoms with E-state index >= 15 is 0 Å². The molecular weight excluding hydrogens is 442 g/mol. The molecule has 3 aromatic heterocycles. The van der Waals surface area contributed by atoms with Gasteiger partial charge in [-0.25, -0.2) is 15.0 Å². The predicted molar refractivity (Wildman–Crippen MR) is 135 cm³/mol. The average molecular weight is 463 g/mol. The zero-order chi connectivity index (χ0) is 23.9. The Kier molecular flexibility index (Phi) is 4.92. The van der Waals surface area contributed by atoms with Crippen molar-refractivity contribution in [2.75, 3.05) is 14.2 Å². The first-order valence-corrected chi connectivity index (χ1v) is 11.1. The highest BCUT2D eigenvalue weighted by molar-refractivity contribution is 6.04. The Morgan fingerprint density at radius 2 is 1.51 bits per heavy atom. The fraction of sp³-hybridized carbons (Fsp3) is 0.111. The van der Waals surface area contributed by atoms with Gasteiger partial charge in [0.05, 0.1) is 37.5 Å². The van der Waals surface area contributed by atoms with Crippen LogP contribution >= 0.6 is 0 Å². The van der Waals surface area contributed by atoms with E-state index in [4.69, 9.17) is 24.4 Å². The second kappa shape index (κ2) is 8.25. The summed E-state index contributed by atoms with van der Waals surface area (Å²) in [6, 6.07) is 22.8. The molecule has 6 aromatic rings. The molecular formula is C27H21N5O3. The molecule has 8 heteroatoms. The highest BCUT2D eigenvalue weighted by Crippen LogP contribution is 2.28. The number of hydrogen-bond acceptors (Lipinski definition) is 6. The van der Waals surface area contributed by atoms with Crippen LogP contribution in [0.2, 0.25) is 0 Å². The zero-order valence-electron chi connectivity index (χ0n) is 19.2. The van der Waals surface area contributed by atoms with E-state index in [-0.39, 0.29) is 5.56 Å². The van der Waals surface area contributed by atoms with Crippen molar-refractivity contribution in [2.24, 2.45) is 0 Å². The van der Waals surface area contributed by atoms with E-state index in [1.165, 1.54) is 10.9 Å². The summed E-state index contributed by atoms with van der Waals surface area (Å²) < 4.78 is 14.2. The van der Waals surface area contributed by atoms with Crippen molar-refractivity contribution in [3.8, 4) is 17.2 Å². The van der Waals surface area contributed by atoms with Crippen LogP contribution in [0.5, 0.6) is 11.5 Å². The monoisotopic (exact) mass is 463 g/mol. The lowest BCUT2D eigenvalue weighted by molar-refractivity contribution is 0.412. The summed E-state index contributed by atoms with van der Waals surface area (Å²) >= 11 is 0. The van der Waals surface area contributed by atoms with Gasteiger partial charge in [-0.1, -0.05) is 36.4 Å². The van der Waals surface area contributed by atoms with Crippen LogP contribution in [-0.2, 0) is 6.54 Å². The lowest BCUT2D eigenvalue weighted by Gasteiger charge is -2.11. The van der Waals surface area contributed by atoms with Crippen LogP contribution in [0, 0.1) is 0 Å². The maximum atomic E-state index is 13.9. The molecule has 0 atom stereocenters. The third kappa shape index (κ3) is 3.38. The number of hydrogen-bond donors (Lipinski definition) is 0. The number of rotatable bonds is 5. The summed E-state index contributed by atoms with van der Waals surface area (Å²) in [5.41, 5.74) is 4.53. The molecule has 0 aliphatic rings. The molecule has 0 radical (unpaired) electrons. The first kappa shape index (κ1) is 20.9. The Balaban J connectivity index is 1.65. The van der Waals surface area contributed by atoms with E-state index in [1.54, 1.807) is 14.2 Å². The van der Waals surface area contributed by atoms with Crippen molar-refractivity contribution >= 4 is 33.2 Å². The first-order chi connectivity index (χ1) is 17.2. The molecule has 0 fully saturated rings. The molecule has 0 saturated carbocycles.